The quantitative estimate of drug-likeness (QED) is 0.717. The molecular weight excluding hydrogens is 219 g/mol. The highest BCUT2D eigenvalue weighted by molar-refractivity contribution is 6.10. The smallest absolute Gasteiger partial charge is 0.155 e. The lowest BCUT2D eigenvalue weighted by Crippen LogP contribution is -2.24. The highest BCUT2D eigenvalue weighted by Gasteiger charge is 2.49. The molecule has 2 rings (SSSR count). The Hall–Kier alpha value is -0.0951. The number of fused-ring (bicyclic) bond motifs is 1. The van der Waals surface area contributed by atoms with E-state index in [-0.39, 0.29) is 18.2 Å². The summed E-state index contributed by atoms with van der Waals surface area (Å²) in [6.45, 7) is 0. The van der Waals surface area contributed by atoms with Crippen molar-refractivity contribution in [3.05, 3.63) is 0 Å². The predicted molar refractivity (Wildman–Crippen MR) is 63.7 cm³/mol. The van der Waals surface area contributed by atoms with Gasteiger partial charge in [0.15, 0.2) is 6.29 Å². The van der Waals surface area contributed by atoms with E-state index in [1.165, 1.54) is 0 Å². The molecule has 2 fully saturated rings. The molecule has 5 heteroatoms. The van der Waals surface area contributed by atoms with Crippen LogP contribution in [0.4, 0.5) is 0 Å². The fourth-order valence-electron chi connectivity index (χ4n) is 3.25. The second kappa shape index (κ2) is 5.70. The third-order valence-corrected chi connectivity index (χ3v) is 4.17. The minimum Gasteiger partial charge on any atom is -0.391 e. The summed E-state index contributed by atoms with van der Waals surface area (Å²) >= 11 is 0. The van der Waals surface area contributed by atoms with Gasteiger partial charge < -0.3 is 19.3 Å². The van der Waals surface area contributed by atoms with Crippen LogP contribution in [-0.4, -0.2) is 51.7 Å². The van der Waals surface area contributed by atoms with E-state index in [0.29, 0.717) is 11.8 Å². The standard InChI is InChI=1S/C12H21BO4/c1-15-9-6-10-8(5-12(14)17-10)7(9)3-4-11(13)16-2/h7-12,14H,3-6H2,1-2H3/t7-,8-,9-,10+,11?,12?/m1/s1. The van der Waals surface area contributed by atoms with Crippen molar-refractivity contribution in [1.29, 1.82) is 0 Å². The van der Waals surface area contributed by atoms with E-state index in [9.17, 15) is 5.11 Å². The Kier molecular flexibility index (Phi) is 4.47. The molecule has 96 valence electrons. The van der Waals surface area contributed by atoms with Gasteiger partial charge in [-0.3, -0.25) is 0 Å². The second-order valence-corrected chi connectivity index (χ2v) is 5.05. The zero-order valence-electron chi connectivity index (χ0n) is 10.5. The first-order chi connectivity index (χ1) is 8.15. The van der Waals surface area contributed by atoms with Crippen LogP contribution < -0.4 is 0 Å². The molecule has 6 atom stereocenters. The molecule has 2 aliphatic rings. The first-order valence-electron chi connectivity index (χ1n) is 6.30. The summed E-state index contributed by atoms with van der Waals surface area (Å²) in [4.78, 5) is 0. The minimum absolute atomic E-state index is 0.152. The third kappa shape index (κ3) is 2.84. The van der Waals surface area contributed by atoms with Crippen molar-refractivity contribution < 1.29 is 19.3 Å². The molecule has 2 unspecified atom stereocenters. The Morgan fingerprint density at radius 1 is 1.41 bits per heavy atom. The van der Waals surface area contributed by atoms with Crippen LogP contribution in [0.25, 0.3) is 0 Å². The summed E-state index contributed by atoms with van der Waals surface area (Å²) in [6, 6.07) is -0.209. The van der Waals surface area contributed by atoms with E-state index in [4.69, 9.17) is 22.1 Å². The summed E-state index contributed by atoms with van der Waals surface area (Å²) in [5.41, 5.74) is 0. The molecule has 0 bridgehead atoms. The van der Waals surface area contributed by atoms with Crippen LogP contribution in [0, 0.1) is 11.8 Å². The van der Waals surface area contributed by atoms with Gasteiger partial charge >= 0.3 is 0 Å². The normalized spacial score (nSPS) is 42.6. The maximum atomic E-state index is 9.52. The van der Waals surface area contributed by atoms with Crippen LogP contribution in [-0.2, 0) is 14.2 Å². The molecule has 1 N–H and O–H groups in total. The summed E-state index contributed by atoms with van der Waals surface area (Å²) in [6.07, 6.45) is 3.16. The maximum absolute atomic E-state index is 9.52. The van der Waals surface area contributed by atoms with Crippen LogP contribution in [0.2, 0.25) is 0 Å². The molecular formula is C12H21BO4. The van der Waals surface area contributed by atoms with Gasteiger partial charge in [0, 0.05) is 33.1 Å². The topological polar surface area (TPSA) is 47.9 Å². The van der Waals surface area contributed by atoms with Crippen molar-refractivity contribution in [2.24, 2.45) is 11.8 Å². The third-order valence-electron chi connectivity index (χ3n) is 4.17. The van der Waals surface area contributed by atoms with Gasteiger partial charge in [0.1, 0.15) is 7.85 Å². The maximum Gasteiger partial charge on any atom is 0.155 e. The Morgan fingerprint density at radius 2 is 2.18 bits per heavy atom. The van der Waals surface area contributed by atoms with E-state index in [0.717, 1.165) is 25.7 Å². The van der Waals surface area contributed by atoms with Gasteiger partial charge in [-0.15, -0.1) is 0 Å². The molecule has 1 saturated heterocycles. The number of ether oxygens (including phenoxy) is 3. The molecule has 4 nitrogen and oxygen atoms in total. The van der Waals surface area contributed by atoms with Crippen molar-refractivity contribution in [2.45, 2.75) is 50.2 Å². The highest BCUT2D eigenvalue weighted by Crippen LogP contribution is 2.45. The molecule has 0 aromatic heterocycles. The van der Waals surface area contributed by atoms with Crippen LogP contribution >= 0.6 is 0 Å². The Balaban J connectivity index is 1.92. The number of hydrogen-bond donors (Lipinski definition) is 1. The lowest BCUT2D eigenvalue weighted by Gasteiger charge is -2.24. The van der Waals surface area contributed by atoms with Crippen LogP contribution in [0.3, 0.4) is 0 Å². The SMILES string of the molecule is [B]C(CC[C@@H]1[C@H]2CC(O)O[C@H]2C[C@H]1OC)OC. The van der Waals surface area contributed by atoms with Gasteiger partial charge in [-0.05, 0) is 24.7 Å². The van der Waals surface area contributed by atoms with Crippen molar-refractivity contribution in [3.63, 3.8) is 0 Å². The highest BCUT2D eigenvalue weighted by atomic mass is 16.6. The molecule has 1 heterocycles. The molecule has 0 aromatic rings. The van der Waals surface area contributed by atoms with Crippen molar-refractivity contribution in [3.8, 4) is 0 Å². The number of rotatable bonds is 5. The number of aliphatic hydroxyl groups excluding tert-OH is 1. The lowest BCUT2D eigenvalue weighted by atomic mass is 9.84. The number of aliphatic hydroxyl groups is 1. The second-order valence-electron chi connectivity index (χ2n) is 5.05. The monoisotopic (exact) mass is 240 g/mol. The predicted octanol–water partition coefficient (Wildman–Crippen LogP) is 0.666. The summed E-state index contributed by atoms with van der Waals surface area (Å²) in [7, 11) is 9.12. The minimum atomic E-state index is -0.596. The van der Waals surface area contributed by atoms with Gasteiger partial charge in [0.2, 0.25) is 0 Å². The Morgan fingerprint density at radius 3 is 2.82 bits per heavy atom. The summed E-state index contributed by atoms with van der Waals surface area (Å²) in [5.74, 6) is 0.822. The van der Waals surface area contributed by atoms with Crippen molar-refractivity contribution in [2.75, 3.05) is 14.2 Å². The zero-order valence-corrected chi connectivity index (χ0v) is 10.5. The van der Waals surface area contributed by atoms with Gasteiger partial charge in [-0.1, -0.05) is 0 Å². The van der Waals surface area contributed by atoms with Gasteiger partial charge in [-0.2, -0.15) is 0 Å². The van der Waals surface area contributed by atoms with E-state index >= 15 is 0 Å². The largest absolute Gasteiger partial charge is 0.391 e. The molecule has 1 aliphatic heterocycles. The summed E-state index contributed by atoms with van der Waals surface area (Å²) < 4.78 is 16.1. The van der Waals surface area contributed by atoms with Crippen molar-refractivity contribution in [1.82, 2.24) is 0 Å². The fraction of sp³-hybridized carbons (Fsp3) is 1.00. The molecule has 0 amide bonds. The first kappa shape index (κ1) is 13.3. The van der Waals surface area contributed by atoms with Gasteiger partial charge in [0.05, 0.1) is 12.2 Å². The van der Waals surface area contributed by atoms with Crippen molar-refractivity contribution >= 4 is 7.85 Å². The number of methoxy groups -OCH3 is 2. The molecule has 1 saturated carbocycles. The lowest BCUT2D eigenvalue weighted by molar-refractivity contribution is -0.0967. The molecule has 0 aromatic carbocycles. The first-order valence-corrected chi connectivity index (χ1v) is 6.30. The molecule has 17 heavy (non-hydrogen) atoms. The fourth-order valence-corrected chi connectivity index (χ4v) is 3.25. The van der Waals surface area contributed by atoms with Crippen LogP contribution in [0.1, 0.15) is 25.7 Å². The molecule has 1 aliphatic carbocycles. The van der Waals surface area contributed by atoms with E-state index < -0.39 is 6.29 Å². The van der Waals surface area contributed by atoms with E-state index in [1.807, 2.05) is 0 Å². The average molecular weight is 240 g/mol. The molecule has 2 radical (unpaired) electrons. The summed E-state index contributed by atoms with van der Waals surface area (Å²) in [5, 5.41) is 9.52. The van der Waals surface area contributed by atoms with E-state index in [1.54, 1.807) is 14.2 Å². The van der Waals surface area contributed by atoms with Gasteiger partial charge in [-0.25, -0.2) is 0 Å². The molecule has 0 spiro atoms. The zero-order chi connectivity index (χ0) is 12.4. The van der Waals surface area contributed by atoms with Gasteiger partial charge in [0.25, 0.3) is 0 Å². The van der Waals surface area contributed by atoms with E-state index in [2.05, 4.69) is 0 Å². The van der Waals surface area contributed by atoms with Crippen LogP contribution in [0.15, 0.2) is 0 Å². The Bertz CT molecular complexity index is 251. The average Bonchev–Trinajstić information content (AvgIpc) is 2.81. The Labute approximate surface area is 104 Å². The van der Waals surface area contributed by atoms with Crippen LogP contribution in [0.5, 0.6) is 0 Å². The number of hydrogen-bond acceptors (Lipinski definition) is 4.